The molecule has 0 saturated heterocycles. The molecule has 0 spiro atoms. The summed E-state index contributed by atoms with van der Waals surface area (Å²) in [5, 5.41) is -0.217. The smallest absolute Gasteiger partial charge is 0.228 e. The Morgan fingerprint density at radius 1 is 0.912 bits per heavy atom. The minimum atomic E-state index is -0.557. The maximum Gasteiger partial charge on any atom is 0.228 e. The Bertz CT molecular complexity index is 1010. The van der Waals surface area contributed by atoms with Gasteiger partial charge in [-0.25, -0.2) is 0 Å². The van der Waals surface area contributed by atoms with Crippen LogP contribution in [0.1, 0.15) is 106 Å². The number of Topliss-reactive ketones (excluding diaryl/α,β-unsaturated/α-hetero) is 1. The van der Waals surface area contributed by atoms with Gasteiger partial charge in [-0.2, -0.15) is 0 Å². The van der Waals surface area contributed by atoms with Crippen molar-refractivity contribution in [3.8, 4) is 0 Å². The minimum Gasteiger partial charge on any atom is -0.299 e. The van der Waals surface area contributed by atoms with E-state index in [2.05, 4.69) is 48.5 Å². The maximum atomic E-state index is 14.2. The monoisotopic (exact) mass is 486 g/mol. The number of carbonyl (C=O) groups is 3. The number of hydrogen-bond donors (Lipinski definition) is 0. The third-order valence-corrected chi connectivity index (χ3v) is 12.9. The number of hydrogen-bond acceptors (Lipinski definition) is 3. The van der Waals surface area contributed by atoms with Crippen LogP contribution in [0.25, 0.3) is 0 Å². The van der Waals surface area contributed by atoms with Crippen molar-refractivity contribution < 1.29 is 14.4 Å². The molecule has 188 valence electrons. The van der Waals surface area contributed by atoms with Crippen LogP contribution in [0.2, 0.25) is 0 Å². The van der Waals surface area contributed by atoms with Crippen LogP contribution < -0.4 is 0 Å². The molecule has 4 saturated carbocycles. The van der Waals surface area contributed by atoms with Gasteiger partial charge >= 0.3 is 0 Å². The molecule has 5 rings (SSSR count). The first kappa shape index (κ1) is 24.7. The number of fused-ring (bicyclic) bond motifs is 7. The summed E-state index contributed by atoms with van der Waals surface area (Å²) in [6, 6.07) is 0. The van der Waals surface area contributed by atoms with E-state index in [9.17, 15) is 14.4 Å². The molecule has 4 fully saturated rings. The molecule has 5 aliphatic rings. The van der Waals surface area contributed by atoms with E-state index in [-0.39, 0.29) is 55.9 Å². The van der Waals surface area contributed by atoms with Gasteiger partial charge in [-0.05, 0) is 103 Å². The Morgan fingerprint density at radius 2 is 1.56 bits per heavy atom. The fourth-order valence-corrected chi connectivity index (χ4v) is 10.5. The number of rotatable bonds is 1. The van der Waals surface area contributed by atoms with Gasteiger partial charge in [0.15, 0.2) is 5.78 Å². The Kier molecular flexibility index (Phi) is 5.15. The Balaban J connectivity index is 1.66. The molecule has 0 aromatic heterocycles. The number of allylic oxidation sites excluding steroid dienone is 2. The summed E-state index contributed by atoms with van der Waals surface area (Å²) in [7, 11) is 0. The standard InChI is InChI=1S/C30H43ClO3/c1-25(2)12-14-30(24(31)34)15-13-29(7)23(18(30)17-25)19(32)16-21-27(5)10-9-22(33)26(3,4)20(27)8-11-28(21,29)6/h16,18,20,23H,8-15,17H2,1-7H3/t18-,20-,23-,27-,28+,29+,30-/m0/s1. The van der Waals surface area contributed by atoms with Crippen LogP contribution in [-0.2, 0) is 14.4 Å². The highest BCUT2D eigenvalue weighted by Gasteiger charge is 2.70. The summed E-state index contributed by atoms with van der Waals surface area (Å²) in [6.07, 6.45) is 9.83. The molecule has 7 atom stereocenters. The second-order valence-corrected chi connectivity index (χ2v) is 15.1. The van der Waals surface area contributed by atoms with Crippen molar-refractivity contribution in [2.75, 3.05) is 0 Å². The molecular weight excluding hydrogens is 444 g/mol. The van der Waals surface area contributed by atoms with E-state index < -0.39 is 5.41 Å². The molecule has 5 aliphatic carbocycles. The molecule has 0 amide bonds. The lowest BCUT2D eigenvalue weighted by Crippen LogP contribution is -2.65. The average molecular weight is 487 g/mol. The van der Waals surface area contributed by atoms with Gasteiger partial charge in [0.05, 0.1) is 0 Å². The summed E-state index contributed by atoms with van der Waals surface area (Å²) in [4.78, 5) is 40.1. The van der Waals surface area contributed by atoms with Gasteiger partial charge in [0.25, 0.3) is 0 Å². The van der Waals surface area contributed by atoms with Gasteiger partial charge < -0.3 is 0 Å². The van der Waals surface area contributed by atoms with Gasteiger partial charge in [-0.15, -0.1) is 0 Å². The van der Waals surface area contributed by atoms with E-state index in [1.807, 2.05) is 6.08 Å². The van der Waals surface area contributed by atoms with Gasteiger partial charge in [0.1, 0.15) is 5.78 Å². The first-order chi connectivity index (χ1) is 15.6. The average Bonchev–Trinajstić information content (AvgIpc) is 2.72. The second kappa shape index (κ2) is 7.08. The van der Waals surface area contributed by atoms with Crippen LogP contribution in [0.3, 0.4) is 0 Å². The summed E-state index contributed by atoms with van der Waals surface area (Å²) in [5.74, 6) is 0.719. The van der Waals surface area contributed by atoms with Crippen molar-refractivity contribution in [3.63, 3.8) is 0 Å². The summed E-state index contributed by atoms with van der Waals surface area (Å²) in [5.41, 5.74) is 0.0888. The highest BCUT2D eigenvalue weighted by atomic mass is 35.5. The SMILES string of the molecule is CC1(C)CC[C@]2(C(=O)Cl)CC[C@]3(C)[C@H](C(=O)C=C4[C@@]5(C)CCC(=O)C(C)(C)[C@@H]5CC[C@]43C)[C@@H]2C1. The molecule has 0 unspecified atom stereocenters. The quantitative estimate of drug-likeness (QED) is 0.365. The summed E-state index contributed by atoms with van der Waals surface area (Å²) < 4.78 is 0. The predicted octanol–water partition coefficient (Wildman–Crippen LogP) is 7.30. The van der Waals surface area contributed by atoms with Gasteiger partial charge in [0, 0.05) is 23.2 Å². The van der Waals surface area contributed by atoms with Crippen LogP contribution in [-0.4, -0.2) is 16.8 Å². The van der Waals surface area contributed by atoms with Crippen LogP contribution >= 0.6 is 11.6 Å². The molecule has 0 bridgehead atoms. The zero-order valence-electron chi connectivity index (χ0n) is 22.3. The summed E-state index contributed by atoms with van der Waals surface area (Å²) in [6.45, 7) is 15.9. The van der Waals surface area contributed by atoms with Crippen molar-refractivity contribution in [1.29, 1.82) is 0 Å². The first-order valence-electron chi connectivity index (χ1n) is 13.6. The van der Waals surface area contributed by atoms with Crippen LogP contribution in [0, 0.1) is 50.2 Å². The van der Waals surface area contributed by atoms with Gasteiger partial charge in [0.2, 0.25) is 5.24 Å². The maximum absolute atomic E-state index is 14.2. The lowest BCUT2D eigenvalue weighted by Gasteiger charge is -2.69. The largest absolute Gasteiger partial charge is 0.299 e. The van der Waals surface area contributed by atoms with Crippen molar-refractivity contribution in [2.24, 2.45) is 50.2 Å². The zero-order valence-corrected chi connectivity index (χ0v) is 23.0. The zero-order chi connectivity index (χ0) is 25.1. The molecule has 0 aromatic rings. The molecular formula is C30H43ClO3. The summed E-state index contributed by atoms with van der Waals surface area (Å²) >= 11 is 6.37. The Morgan fingerprint density at radius 3 is 2.21 bits per heavy atom. The lowest BCUT2D eigenvalue weighted by molar-refractivity contribution is -0.176. The number of halogens is 1. The second-order valence-electron chi connectivity index (χ2n) is 14.7. The third-order valence-electron chi connectivity index (χ3n) is 12.5. The molecule has 34 heavy (non-hydrogen) atoms. The van der Waals surface area contributed by atoms with Crippen molar-refractivity contribution in [3.05, 3.63) is 11.6 Å². The van der Waals surface area contributed by atoms with Crippen molar-refractivity contribution in [2.45, 2.75) is 106 Å². The van der Waals surface area contributed by atoms with Crippen molar-refractivity contribution >= 4 is 28.4 Å². The van der Waals surface area contributed by atoms with E-state index in [4.69, 9.17) is 11.6 Å². The normalized spacial score (nSPS) is 49.2. The van der Waals surface area contributed by atoms with Gasteiger partial charge in [-0.3, -0.25) is 14.4 Å². The van der Waals surface area contributed by atoms with E-state index in [0.717, 1.165) is 51.4 Å². The molecule has 0 radical (unpaired) electrons. The van der Waals surface area contributed by atoms with Crippen molar-refractivity contribution in [1.82, 2.24) is 0 Å². The molecule has 4 heteroatoms. The van der Waals surface area contributed by atoms with E-state index in [1.54, 1.807) is 0 Å². The lowest BCUT2D eigenvalue weighted by atomic mass is 9.34. The van der Waals surface area contributed by atoms with E-state index in [0.29, 0.717) is 12.2 Å². The van der Waals surface area contributed by atoms with Crippen LogP contribution in [0.4, 0.5) is 0 Å². The third kappa shape index (κ3) is 2.86. The molecule has 0 aromatic carbocycles. The molecule has 0 aliphatic heterocycles. The molecule has 0 N–H and O–H groups in total. The first-order valence-corrected chi connectivity index (χ1v) is 13.9. The number of carbonyl (C=O) groups excluding carboxylic acids is 3. The van der Waals surface area contributed by atoms with Crippen LogP contribution in [0.5, 0.6) is 0 Å². The molecule has 3 nitrogen and oxygen atoms in total. The van der Waals surface area contributed by atoms with E-state index >= 15 is 0 Å². The fraction of sp³-hybridized carbons (Fsp3) is 0.833. The predicted molar refractivity (Wildman–Crippen MR) is 135 cm³/mol. The highest BCUT2D eigenvalue weighted by Crippen LogP contribution is 2.75. The van der Waals surface area contributed by atoms with E-state index in [1.165, 1.54) is 5.57 Å². The minimum absolute atomic E-state index is 0.0111. The number of ketones is 2. The topological polar surface area (TPSA) is 51.2 Å². The highest BCUT2D eigenvalue weighted by molar-refractivity contribution is 6.64. The van der Waals surface area contributed by atoms with Gasteiger partial charge in [-0.1, -0.05) is 54.0 Å². The fourth-order valence-electron chi connectivity index (χ4n) is 10.2. The molecule has 0 heterocycles. The Labute approximate surface area is 210 Å². The van der Waals surface area contributed by atoms with Crippen LogP contribution in [0.15, 0.2) is 11.6 Å². The Hall–Kier alpha value is -0.960.